The van der Waals surface area contributed by atoms with Crippen LogP contribution in [0.15, 0.2) is 36.7 Å². The number of likely N-dealkylation sites (tertiary alicyclic amines) is 1. The molecule has 0 bridgehead atoms. The lowest BCUT2D eigenvalue weighted by Gasteiger charge is -2.17. The molecule has 0 spiro atoms. The third-order valence-corrected chi connectivity index (χ3v) is 3.98. The first kappa shape index (κ1) is 17.0. The Balaban J connectivity index is 1.62. The van der Waals surface area contributed by atoms with E-state index in [1.54, 1.807) is 23.1 Å². The number of hydrogen-bond donors (Lipinski definition) is 3. The second-order valence-electron chi connectivity index (χ2n) is 5.62. The molecule has 3 N–H and O–H groups in total. The minimum absolute atomic E-state index is 0.0467. The predicted molar refractivity (Wildman–Crippen MR) is 93.1 cm³/mol. The number of rotatable bonds is 4. The summed E-state index contributed by atoms with van der Waals surface area (Å²) in [5.74, 6) is 0.326. The van der Waals surface area contributed by atoms with Crippen molar-refractivity contribution >= 4 is 35.2 Å². The molecular weight excluding hydrogens is 346 g/mol. The molecule has 8 nitrogen and oxygen atoms in total. The number of carboxylic acid groups (broad SMARTS) is 1. The average Bonchev–Trinajstić information content (AvgIpc) is 3.04. The zero-order valence-electron chi connectivity index (χ0n) is 13.1. The summed E-state index contributed by atoms with van der Waals surface area (Å²) >= 11 is 5.76. The van der Waals surface area contributed by atoms with E-state index in [4.69, 9.17) is 16.7 Å². The van der Waals surface area contributed by atoms with E-state index in [2.05, 4.69) is 20.6 Å². The third-order valence-electron chi connectivity index (χ3n) is 3.79. The van der Waals surface area contributed by atoms with Crippen LogP contribution in [0.5, 0.6) is 0 Å². The first-order valence-electron chi connectivity index (χ1n) is 7.64. The van der Waals surface area contributed by atoms with Gasteiger partial charge in [0.1, 0.15) is 0 Å². The number of nitrogens with one attached hydrogen (secondary N) is 2. The summed E-state index contributed by atoms with van der Waals surface area (Å²) in [6, 6.07) is 6.48. The van der Waals surface area contributed by atoms with Crippen LogP contribution in [0, 0.1) is 0 Å². The van der Waals surface area contributed by atoms with Gasteiger partial charge in [0.2, 0.25) is 5.95 Å². The van der Waals surface area contributed by atoms with Gasteiger partial charge in [-0.1, -0.05) is 17.7 Å². The Labute approximate surface area is 148 Å². The largest absolute Gasteiger partial charge is 0.465 e. The normalized spacial score (nSPS) is 16.5. The second kappa shape index (κ2) is 7.35. The molecule has 2 aromatic rings. The lowest BCUT2D eigenvalue weighted by atomic mass is 10.2. The molecule has 0 saturated carbocycles. The summed E-state index contributed by atoms with van der Waals surface area (Å²) in [5, 5.41) is 14.6. The maximum absolute atomic E-state index is 12.6. The molecule has 1 aromatic carbocycles. The van der Waals surface area contributed by atoms with Gasteiger partial charge in [-0.25, -0.2) is 14.8 Å². The number of hydrogen-bond acceptors (Lipinski definition) is 5. The Bertz CT molecular complexity index is 784. The maximum atomic E-state index is 12.6. The van der Waals surface area contributed by atoms with E-state index in [0.717, 1.165) is 6.42 Å². The summed E-state index contributed by atoms with van der Waals surface area (Å²) in [5.41, 5.74) is 0.802. The third kappa shape index (κ3) is 4.36. The zero-order chi connectivity index (χ0) is 17.8. The Morgan fingerprint density at radius 1 is 1.28 bits per heavy atom. The Hall–Kier alpha value is -2.87. The van der Waals surface area contributed by atoms with E-state index in [-0.39, 0.29) is 11.9 Å². The molecular formula is C16H16ClN5O3. The number of aromatic nitrogens is 2. The van der Waals surface area contributed by atoms with Crippen LogP contribution in [0.2, 0.25) is 5.02 Å². The highest BCUT2D eigenvalue weighted by molar-refractivity contribution is 6.30. The molecule has 1 aliphatic heterocycles. The molecule has 1 aliphatic rings. The number of carbonyl (C=O) groups excluding carboxylic acids is 1. The van der Waals surface area contributed by atoms with Gasteiger partial charge in [-0.05, 0) is 24.6 Å². The van der Waals surface area contributed by atoms with Crippen LogP contribution in [0.1, 0.15) is 16.8 Å². The lowest BCUT2D eigenvalue weighted by molar-refractivity contribution is 0.0791. The number of carbonyl (C=O) groups is 2. The minimum Gasteiger partial charge on any atom is -0.465 e. The highest BCUT2D eigenvalue weighted by atomic mass is 35.5. The molecule has 9 heteroatoms. The van der Waals surface area contributed by atoms with Crippen molar-refractivity contribution in [3.05, 3.63) is 47.2 Å². The molecule has 1 fully saturated rings. The van der Waals surface area contributed by atoms with Crippen LogP contribution in [0.4, 0.5) is 16.4 Å². The Morgan fingerprint density at radius 2 is 2.04 bits per heavy atom. The van der Waals surface area contributed by atoms with Crippen molar-refractivity contribution in [2.45, 2.75) is 12.5 Å². The smallest absolute Gasteiger partial charge is 0.409 e. The Morgan fingerprint density at radius 3 is 2.76 bits per heavy atom. The van der Waals surface area contributed by atoms with Crippen molar-refractivity contribution in [3.8, 4) is 0 Å². The van der Waals surface area contributed by atoms with Crippen LogP contribution < -0.4 is 10.6 Å². The molecule has 0 radical (unpaired) electrons. The molecule has 2 heterocycles. The van der Waals surface area contributed by atoms with Gasteiger partial charge in [-0.15, -0.1) is 0 Å². The van der Waals surface area contributed by atoms with Crippen molar-refractivity contribution in [1.82, 2.24) is 14.9 Å². The molecule has 130 valence electrons. The SMILES string of the molecule is O=C(O)Nc1cccc(C(=O)N2CC[C@H](Nc3ncc(Cl)cn3)C2)c1. The number of anilines is 2. The monoisotopic (exact) mass is 361 g/mol. The van der Waals surface area contributed by atoms with Gasteiger partial charge in [0.25, 0.3) is 5.91 Å². The quantitative estimate of drug-likeness (QED) is 0.772. The fourth-order valence-corrected chi connectivity index (χ4v) is 2.77. The molecule has 25 heavy (non-hydrogen) atoms. The topological polar surface area (TPSA) is 107 Å². The summed E-state index contributed by atoms with van der Waals surface area (Å²) in [6.45, 7) is 1.11. The first-order valence-corrected chi connectivity index (χ1v) is 8.02. The molecule has 1 atom stereocenters. The van der Waals surface area contributed by atoms with E-state index in [0.29, 0.717) is 35.3 Å². The summed E-state index contributed by atoms with van der Waals surface area (Å²) < 4.78 is 0. The molecule has 2 amide bonds. The standard InChI is InChI=1S/C16H16ClN5O3/c17-11-7-18-15(19-8-11)20-13-4-5-22(9-13)14(23)10-2-1-3-12(6-10)21-16(24)25/h1-3,6-8,13,21H,4-5,9H2,(H,24,25)(H,18,19,20)/t13-/m0/s1. The van der Waals surface area contributed by atoms with Crippen molar-refractivity contribution in [2.24, 2.45) is 0 Å². The Kier molecular flexibility index (Phi) is 4.99. The van der Waals surface area contributed by atoms with Crippen molar-refractivity contribution < 1.29 is 14.7 Å². The molecule has 1 saturated heterocycles. The predicted octanol–water partition coefficient (Wildman–Crippen LogP) is 2.55. The van der Waals surface area contributed by atoms with E-state index >= 15 is 0 Å². The van der Waals surface area contributed by atoms with Crippen LogP contribution in [-0.2, 0) is 0 Å². The lowest BCUT2D eigenvalue weighted by Crippen LogP contribution is -2.31. The van der Waals surface area contributed by atoms with Crippen LogP contribution in [0.3, 0.4) is 0 Å². The van der Waals surface area contributed by atoms with Gasteiger partial charge < -0.3 is 15.3 Å². The fraction of sp³-hybridized carbons (Fsp3) is 0.250. The molecule has 1 aromatic heterocycles. The molecule has 3 rings (SSSR count). The van der Waals surface area contributed by atoms with Gasteiger partial charge >= 0.3 is 6.09 Å². The molecule has 0 aliphatic carbocycles. The zero-order valence-corrected chi connectivity index (χ0v) is 13.9. The van der Waals surface area contributed by atoms with Gasteiger partial charge in [0.15, 0.2) is 0 Å². The summed E-state index contributed by atoms with van der Waals surface area (Å²) in [4.78, 5) is 33.2. The highest BCUT2D eigenvalue weighted by Gasteiger charge is 2.27. The van der Waals surface area contributed by atoms with Gasteiger partial charge in [-0.2, -0.15) is 0 Å². The van der Waals surface area contributed by atoms with Crippen molar-refractivity contribution in [1.29, 1.82) is 0 Å². The van der Waals surface area contributed by atoms with Crippen molar-refractivity contribution in [3.63, 3.8) is 0 Å². The summed E-state index contributed by atoms with van der Waals surface area (Å²) in [6.07, 6.45) is 2.62. The highest BCUT2D eigenvalue weighted by Crippen LogP contribution is 2.18. The number of halogens is 1. The first-order chi connectivity index (χ1) is 12.0. The summed E-state index contributed by atoms with van der Waals surface area (Å²) in [7, 11) is 0. The van der Waals surface area contributed by atoms with E-state index in [1.807, 2.05) is 0 Å². The fourth-order valence-electron chi connectivity index (χ4n) is 2.67. The van der Waals surface area contributed by atoms with Gasteiger partial charge in [0, 0.05) is 30.4 Å². The van der Waals surface area contributed by atoms with E-state index in [1.165, 1.54) is 18.5 Å². The number of nitrogens with zero attached hydrogens (tertiary/aromatic N) is 3. The van der Waals surface area contributed by atoms with Crippen LogP contribution in [0.25, 0.3) is 0 Å². The van der Waals surface area contributed by atoms with Gasteiger partial charge in [0.05, 0.1) is 17.4 Å². The van der Waals surface area contributed by atoms with E-state index < -0.39 is 6.09 Å². The second-order valence-corrected chi connectivity index (χ2v) is 6.05. The average molecular weight is 362 g/mol. The van der Waals surface area contributed by atoms with E-state index in [9.17, 15) is 9.59 Å². The van der Waals surface area contributed by atoms with Gasteiger partial charge in [-0.3, -0.25) is 10.1 Å². The number of benzene rings is 1. The van der Waals surface area contributed by atoms with Crippen LogP contribution in [-0.4, -0.2) is 51.1 Å². The number of amides is 2. The van der Waals surface area contributed by atoms with Crippen LogP contribution >= 0.6 is 11.6 Å². The maximum Gasteiger partial charge on any atom is 0.409 e. The molecule has 0 unspecified atom stereocenters. The minimum atomic E-state index is -1.17. The van der Waals surface area contributed by atoms with Crippen molar-refractivity contribution in [2.75, 3.05) is 23.7 Å².